The summed E-state index contributed by atoms with van der Waals surface area (Å²) in [5.41, 5.74) is 2.08. The zero-order valence-electron chi connectivity index (χ0n) is 12.5. The van der Waals surface area contributed by atoms with Crippen molar-refractivity contribution in [3.63, 3.8) is 0 Å². The topological polar surface area (TPSA) is 58.6 Å². The molecular weight excluding hydrogens is 360 g/mol. The standard InChI is InChI=1S/C9H7NO2.C8H8BrNO/c1-10-8(11)6-4-2-3-5-7(6)9(10)12;9-6-1-2-8-7(5-6)10-3-4-11-8/h2-5H,1H3;1-2,5,10H,3-4H2. The third-order valence-electron chi connectivity index (χ3n) is 3.61. The maximum atomic E-state index is 11.3. The third kappa shape index (κ3) is 3.07. The highest BCUT2D eigenvalue weighted by Gasteiger charge is 2.31. The molecule has 1 N–H and O–H groups in total. The van der Waals surface area contributed by atoms with E-state index < -0.39 is 0 Å². The Bertz CT molecular complexity index is 741. The zero-order chi connectivity index (χ0) is 16.4. The first-order valence-corrected chi connectivity index (χ1v) is 7.95. The highest BCUT2D eigenvalue weighted by atomic mass is 79.9. The van der Waals surface area contributed by atoms with Gasteiger partial charge in [0.15, 0.2) is 0 Å². The Morgan fingerprint density at radius 1 is 1.09 bits per heavy atom. The fourth-order valence-electron chi connectivity index (χ4n) is 2.42. The number of rotatable bonds is 0. The van der Waals surface area contributed by atoms with Gasteiger partial charge in [0.1, 0.15) is 12.4 Å². The predicted molar refractivity (Wildman–Crippen MR) is 91.0 cm³/mol. The molecule has 0 saturated carbocycles. The molecule has 2 amide bonds. The minimum Gasteiger partial charge on any atom is -0.490 e. The van der Waals surface area contributed by atoms with Gasteiger partial charge in [-0.15, -0.1) is 0 Å². The normalized spacial score (nSPS) is 15.0. The van der Waals surface area contributed by atoms with Crippen LogP contribution in [0.3, 0.4) is 0 Å². The van der Waals surface area contributed by atoms with Crippen molar-refractivity contribution >= 4 is 33.4 Å². The molecular formula is C17H15BrN2O3. The van der Waals surface area contributed by atoms with Crippen molar-refractivity contribution in [3.8, 4) is 5.75 Å². The van der Waals surface area contributed by atoms with Crippen molar-refractivity contribution < 1.29 is 14.3 Å². The lowest BCUT2D eigenvalue weighted by atomic mass is 10.1. The molecule has 2 aromatic carbocycles. The Morgan fingerprint density at radius 3 is 2.39 bits per heavy atom. The number of carbonyl (C=O) groups is 2. The van der Waals surface area contributed by atoms with Crippen LogP contribution in [0.1, 0.15) is 20.7 Å². The quantitative estimate of drug-likeness (QED) is 0.719. The van der Waals surface area contributed by atoms with E-state index in [0.717, 1.165) is 34.0 Å². The Balaban J connectivity index is 0.000000136. The summed E-state index contributed by atoms with van der Waals surface area (Å²) in [6.07, 6.45) is 0. The van der Waals surface area contributed by atoms with Gasteiger partial charge >= 0.3 is 0 Å². The highest BCUT2D eigenvalue weighted by Crippen LogP contribution is 2.29. The number of anilines is 1. The maximum absolute atomic E-state index is 11.3. The second-order valence-electron chi connectivity index (χ2n) is 5.13. The molecule has 0 spiro atoms. The molecule has 23 heavy (non-hydrogen) atoms. The smallest absolute Gasteiger partial charge is 0.261 e. The molecule has 0 unspecified atom stereocenters. The van der Waals surface area contributed by atoms with E-state index in [1.807, 2.05) is 18.2 Å². The maximum Gasteiger partial charge on any atom is 0.261 e. The molecule has 0 atom stereocenters. The molecule has 118 valence electrons. The van der Waals surface area contributed by atoms with Crippen LogP contribution < -0.4 is 10.1 Å². The Labute approximate surface area is 142 Å². The second kappa shape index (κ2) is 6.42. The number of ether oxygens (including phenoxy) is 1. The van der Waals surface area contributed by atoms with E-state index in [1.165, 1.54) is 7.05 Å². The number of carbonyl (C=O) groups excluding carboxylic acids is 2. The van der Waals surface area contributed by atoms with E-state index in [0.29, 0.717) is 11.1 Å². The van der Waals surface area contributed by atoms with Gasteiger partial charge in [0.05, 0.1) is 16.8 Å². The average Bonchev–Trinajstić information content (AvgIpc) is 2.80. The van der Waals surface area contributed by atoms with Gasteiger partial charge in [0.2, 0.25) is 0 Å². The van der Waals surface area contributed by atoms with Crippen LogP contribution in [0.5, 0.6) is 5.75 Å². The molecule has 2 heterocycles. The van der Waals surface area contributed by atoms with Crippen molar-refractivity contribution in [2.45, 2.75) is 0 Å². The van der Waals surface area contributed by atoms with Gasteiger partial charge in [0, 0.05) is 18.1 Å². The summed E-state index contributed by atoms with van der Waals surface area (Å²) in [7, 11) is 1.49. The van der Waals surface area contributed by atoms with Crippen molar-refractivity contribution in [1.82, 2.24) is 4.90 Å². The molecule has 5 nitrogen and oxygen atoms in total. The van der Waals surface area contributed by atoms with Gasteiger partial charge in [-0.2, -0.15) is 0 Å². The number of hydrogen-bond donors (Lipinski definition) is 1. The number of nitrogens with one attached hydrogen (secondary N) is 1. The van der Waals surface area contributed by atoms with Crippen LogP contribution in [-0.2, 0) is 0 Å². The van der Waals surface area contributed by atoms with Crippen LogP contribution in [0, 0.1) is 0 Å². The molecule has 0 bridgehead atoms. The summed E-state index contributed by atoms with van der Waals surface area (Å²) in [4.78, 5) is 23.8. The van der Waals surface area contributed by atoms with Gasteiger partial charge in [0.25, 0.3) is 11.8 Å². The van der Waals surface area contributed by atoms with E-state index in [9.17, 15) is 9.59 Å². The van der Waals surface area contributed by atoms with E-state index >= 15 is 0 Å². The first-order valence-electron chi connectivity index (χ1n) is 7.15. The molecule has 2 aliphatic heterocycles. The Morgan fingerprint density at radius 2 is 1.74 bits per heavy atom. The van der Waals surface area contributed by atoms with Crippen molar-refractivity contribution in [2.24, 2.45) is 0 Å². The van der Waals surface area contributed by atoms with Gasteiger partial charge in [-0.1, -0.05) is 28.1 Å². The first kappa shape index (κ1) is 15.6. The fraction of sp³-hybridized carbons (Fsp3) is 0.176. The summed E-state index contributed by atoms with van der Waals surface area (Å²) in [5.74, 6) is 0.519. The van der Waals surface area contributed by atoms with Gasteiger partial charge in [-0.25, -0.2) is 0 Å². The molecule has 0 aliphatic carbocycles. The SMILES string of the molecule is Brc1ccc2c(c1)NCCO2.CN1C(=O)c2ccccc2C1=O. The van der Waals surface area contributed by atoms with Gasteiger partial charge in [-0.3, -0.25) is 14.5 Å². The molecule has 2 aromatic rings. The largest absolute Gasteiger partial charge is 0.490 e. The second-order valence-corrected chi connectivity index (χ2v) is 6.05. The molecule has 4 rings (SSSR count). The number of fused-ring (bicyclic) bond motifs is 2. The molecule has 0 saturated heterocycles. The van der Waals surface area contributed by atoms with Crippen molar-refractivity contribution in [3.05, 3.63) is 58.1 Å². The average molecular weight is 375 g/mol. The number of amides is 2. The minimum absolute atomic E-state index is 0.212. The van der Waals surface area contributed by atoms with Crippen LogP contribution >= 0.6 is 15.9 Å². The lowest BCUT2D eigenvalue weighted by Gasteiger charge is -2.18. The number of nitrogens with zero attached hydrogens (tertiary/aromatic N) is 1. The fourth-order valence-corrected chi connectivity index (χ4v) is 2.78. The highest BCUT2D eigenvalue weighted by molar-refractivity contribution is 9.10. The molecule has 2 aliphatic rings. The summed E-state index contributed by atoms with van der Waals surface area (Å²) in [5, 5.41) is 3.25. The lowest BCUT2D eigenvalue weighted by Crippen LogP contribution is -2.24. The number of halogens is 1. The molecule has 0 aromatic heterocycles. The molecule has 0 fully saturated rings. The third-order valence-corrected chi connectivity index (χ3v) is 4.11. The summed E-state index contributed by atoms with van der Waals surface area (Å²) >= 11 is 3.39. The van der Waals surface area contributed by atoms with E-state index in [-0.39, 0.29) is 11.8 Å². The van der Waals surface area contributed by atoms with Gasteiger partial charge in [-0.05, 0) is 30.3 Å². The summed E-state index contributed by atoms with van der Waals surface area (Å²) in [6.45, 7) is 1.65. The minimum atomic E-state index is -0.212. The Kier molecular flexibility index (Phi) is 4.34. The first-order chi connectivity index (χ1) is 11.1. The predicted octanol–water partition coefficient (Wildman–Crippen LogP) is 3.17. The van der Waals surface area contributed by atoms with Crippen LogP contribution in [0.25, 0.3) is 0 Å². The number of imide groups is 1. The monoisotopic (exact) mass is 374 g/mol. The summed E-state index contributed by atoms with van der Waals surface area (Å²) in [6, 6.07) is 12.8. The van der Waals surface area contributed by atoms with E-state index in [4.69, 9.17) is 4.74 Å². The van der Waals surface area contributed by atoms with Crippen LogP contribution in [0.2, 0.25) is 0 Å². The van der Waals surface area contributed by atoms with Crippen molar-refractivity contribution in [2.75, 3.05) is 25.5 Å². The lowest BCUT2D eigenvalue weighted by molar-refractivity contribution is 0.0693. The van der Waals surface area contributed by atoms with Crippen LogP contribution in [0.15, 0.2) is 46.9 Å². The van der Waals surface area contributed by atoms with E-state index in [2.05, 4.69) is 21.2 Å². The van der Waals surface area contributed by atoms with Gasteiger partial charge < -0.3 is 10.1 Å². The zero-order valence-corrected chi connectivity index (χ0v) is 14.1. The molecule has 6 heteroatoms. The van der Waals surface area contributed by atoms with Crippen LogP contribution in [0.4, 0.5) is 5.69 Å². The molecule has 0 radical (unpaired) electrons. The summed E-state index contributed by atoms with van der Waals surface area (Å²) < 4.78 is 6.47. The van der Waals surface area contributed by atoms with Crippen molar-refractivity contribution in [1.29, 1.82) is 0 Å². The van der Waals surface area contributed by atoms with Crippen LogP contribution in [-0.4, -0.2) is 36.9 Å². The van der Waals surface area contributed by atoms with E-state index in [1.54, 1.807) is 24.3 Å². The number of benzene rings is 2. The Hall–Kier alpha value is -2.34. The number of hydrogen-bond acceptors (Lipinski definition) is 4.